The largest absolute Gasteiger partial charge is 0.495 e. The Morgan fingerprint density at radius 1 is 1.15 bits per heavy atom. The van der Waals surface area contributed by atoms with Crippen molar-refractivity contribution in [2.45, 2.75) is 6.92 Å². The van der Waals surface area contributed by atoms with Gasteiger partial charge in [0.25, 0.3) is 5.91 Å². The zero-order valence-electron chi connectivity index (χ0n) is 15.0. The van der Waals surface area contributed by atoms with E-state index in [9.17, 15) is 4.79 Å². The number of methoxy groups -OCH3 is 1. The summed E-state index contributed by atoms with van der Waals surface area (Å²) in [6, 6.07) is 14.7. The molecule has 1 amide bonds. The second-order valence-corrected chi connectivity index (χ2v) is 6.09. The van der Waals surface area contributed by atoms with E-state index in [1.807, 2.05) is 37.3 Å². The van der Waals surface area contributed by atoms with Crippen LogP contribution in [0.2, 0.25) is 5.02 Å². The summed E-state index contributed by atoms with van der Waals surface area (Å²) in [5, 5.41) is 3.61. The Balaban J connectivity index is 1.79. The van der Waals surface area contributed by atoms with Crippen LogP contribution in [-0.2, 0) is 0 Å². The molecule has 0 aliphatic rings. The van der Waals surface area contributed by atoms with Gasteiger partial charge in [0.15, 0.2) is 0 Å². The molecule has 0 saturated carbocycles. The molecular formula is C20H19ClN4O2. The van der Waals surface area contributed by atoms with Gasteiger partial charge in [0.2, 0.25) is 5.95 Å². The first kappa shape index (κ1) is 18.7. The standard InChI is InChI=1S/C20H19ClN4O2/c1-3-25(16-7-5-4-6-8-16)19(26)14-12-22-20(23-13-14)24-17-11-15(21)9-10-18(17)27-2/h4-13H,3H2,1-2H3,(H,22,23,24). The second kappa shape index (κ2) is 8.51. The van der Waals surface area contributed by atoms with E-state index in [0.717, 1.165) is 5.69 Å². The van der Waals surface area contributed by atoms with Gasteiger partial charge in [-0.1, -0.05) is 29.8 Å². The Morgan fingerprint density at radius 3 is 2.48 bits per heavy atom. The van der Waals surface area contributed by atoms with E-state index in [2.05, 4.69) is 15.3 Å². The van der Waals surface area contributed by atoms with Crippen molar-refractivity contribution in [2.24, 2.45) is 0 Å². The molecule has 7 heteroatoms. The molecule has 0 aliphatic heterocycles. The number of anilines is 3. The fourth-order valence-corrected chi connectivity index (χ4v) is 2.78. The average Bonchev–Trinajstić information content (AvgIpc) is 2.70. The average molecular weight is 383 g/mol. The van der Waals surface area contributed by atoms with Crippen molar-refractivity contribution < 1.29 is 9.53 Å². The Kier molecular flexibility index (Phi) is 5.88. The molecule has 2 aromatic carbocycles. The molecule has 0 fully saturated rings. The molecule has 0 saturated heterocycles. The molecule has 3 rings (SSSR count). The molecule has 1 aromatic heterocycles. The van der Waals surface area contributed by atoms with Gasteiger partial charge < -0.3 is 15.0 Å². The molecule has 0 atom stereocenters. The smallest absolute Gasteiger partial charge is 0.261 e. The van der Waals surface area contributed by atoms with E-state index >= 15 is 0 Å². The van der Waals surface area contributed by atoms with Gasteiger partial charge in [-0.05, 0) is 37.3 Å². The summed E-state index contributed by atoms with van der Waals surface area (Å²) < 4.78 is 5.29. The van der Waals surface area contributed by atoms with E-state index in [1.54, 1.807) is 30.2 Å². The monoisotopic (exact) mass is 382 g/mol. The van der Waals surface area contributed by atoms with E-state index in [0.29, 0.717) is 34.5 Å². The van der Waals surface area contributed by atoms with Crippen molar-refractivity contribution in [1.29, 1.82) is 0 Å². The lowest BCUT2D eigenvalue weighted by molar-refractivity contribution is 0.0987. The molecule has 0 aliphatic carbocycles. The SMILES string of the molecule is CCN(C(=O)c1cnc(Nc2cc(Cl)ccc2OC)nc1)c1ccccc1. The number of carbonyl (C=O) groups is 1. The van der Waals surface area contributed by atoms with Gasteiger partial charge in [0, 0.05) is 29.6 Å². The number of para-hydroxylation sites is 1. The normalized spacial score (nSPS) is 10.3. The molecule has 6 nitrogen and oxygen atoms in total. The summed E-state index contributed by atoms with van der Waals surface area (Å²) >= 11 is 6.03. The van der Waals surface area contributed by atoms with Crippen molar-refractivity contribution in [3.8, 4) is 5.75 Å². The number of halogens is 1. The fraction of sp³-hybridized carbons (Fsp3) is 0.150. The molecule has 0 spiro atoms. The number of carbonyl (C=O) groups excluding carboxylic acids is 1. The quantitative estimate of drug-likeness (QED) is 0.677. The number of amides is 1. The van der Waals surface area contributed by atoms with Gasteiger partial charge in [-0.2, -0.15) is 0 Å². The highest BCUT2D eigenvalue weighted by molar-refractivity contribution is 6.31. The van der Waals surface area contributed by atoms with Gasteiger partial charge in [0.05, 0.1) is 18.4 Å². The maximum absolute atomic E-state index is 12.8. The molecule has 3 aromatic rings. The van der Waals surface area contributed by atoms with Gasteiger partial charge in [0.1, 0.15) is 5.75 Å². The first-order valence-corrected chi connectivity index (χ1v) is 8.79. The van der Waals surface area contributed by atoms with E-state index in [-0.39, 0.29) is 5.91 Å². The Bertz CT molecular complexity index is 917. The van der Waals surface area contributed by atoms with Crippen LogP contribution in [0, 0.1) is 0 Å². The molecule has 0 unspecified atom stereocenters. The summed E-state index contributed by atoms with van der Waals surface area (Å²) in [5.74, 6) is 0.801. The van der Waals surface area contributed by atoms with Crippen LogP contribution in [0.1, 0.15) is 17.3 Å². The van der Waals surface area contributed by atoms with Crippen LogP contribution in [0.5, 0.6) is 5.75 Å². The van der Waals surface area contributed by atoms with Crippen LogP contribution >= 0.6 is 11.6 Å². The fourth-order valence-electron chi connectivity index (χ4n) is 2.61. The predicted octanol–water partition coefficient (Wildman–Crippen LogP) is 4.55. The zero-order chi connectivity index (χ0) is 19.2. The first-order valence-electron chi connectivity index (χ1n) is 8.42. The summed E-state index contributed by atoms with van der Waals surface area (Å²) in [6.07, 6.45) is 3.00. The van der Waals surface area contributed by atoms with Crippen LogP contribution in [0.4, 0.5) is 17.3 Å². The van der Waals surface area contributed by atoms with Gasteiger partial charge in [-0.15, -0.1) is 0 Å². The number of aromatic nitrogens is 2. The summed E-state index contributed by atoms with van der Waals surface area (Å²) in [6.45, 7) is 2.47. The highest BCUT2D eigenvalue weighted by Gasteiger charge is 2.17. The predicted molar refractivity (Wildman–Crippen MR) is 107 cm³/mol. The molecule has 0 radical (unpaired) electrons. The lowest BCUT2D eigenvalue weighted by atomic mass is 10.2. The Hall–Kier alpha value is -3.12. The van der Waals surface area contributed by atoms with Crippen LogP contribution in [-0.4, -0.2) is 29.5 Å². The molecule has 1 N–H and O–H groups in total. The minimum atomic E-state index is -0.157. The Morgan fingerprint density at radius 2 is 1.85 bits per heavy atom. The van der Waals surface area contributed by atoms with Crippen LogP contribution in [0.15, 0.2) is 60.9 Å². The number of rotatable bonds is 6. The van der Waals surface area contributed by atoms with E-state index < -0.39 is 0 Å². The van der Waals surface area contributed by atoms with Crippen LogP contribution in [0.3, 0.4) is 0 Å². The molecule has 27 heavy (non-hydrogen) atoms. The minimum absolute atomic E-state index is 0.157. The van der Waals surface area contributed by atoms with Gasteiger partial charge in [-0.25, -0.2) is 9.97 Å². The zero-order valence-corrected chi connectivity index (χ0v) is 15.8. The number of hydrogen-bond donors (Lipinski definition) is 1. The number of hydrogen-bond acceptors (Lipinski definition) is 5. The summed E-state index contributed by atoms with van der Waals surface area (Å²) in [5.41, 5.74) is 1.88. The topological polar surface area (TPSA) is 67.4 Å². The lowest BCUT2D eigenvalue weighted by Gasteiger charge is -2.20. The highest BCUT2D eigenvalue weighted by Crippen LogP contribution is 2.29. The third-order valence-corrected chi connectivity index (χ3v) is 4.17. The van der Waals surface area contributed by atoms with Crippen molar-refractivity contribution in [1.82, 2.24) is 9.97 Å². The third-order valence-electron chi connectivity index (χ3n) is 3.94. The minimum Gasteiger partial charge on any atom is -0.495 e. The molecular weight excluding hydrogens is 364 g/mol. The maximum atomic E-state index is 12.8. The van der Waals surface area contributed by atoms with Gasteiger partial charge in [-0.3, -0.25) is 4.79 Å². The summed E-state index contributed by atoms with van der Waals surface area (Å²) in [7, 11) is 1.57. The number of nitrogens with zero attached hydrogens (tertiary/aromatic N) is 3. The van der Waals surface area contributed by atoms with Gasteiger partial charge >= 0.3 is 0 Å². The van der Waals surface area contributed by atoms with E-state index in [4.69, 9.17) is 16.3 Å². The van der Waals surface area contributed by atoms with Crippen molar-refractivity contribution in [3.63, 3.8) is 0 Å². The third kappa shape index (κ3) is 4.35. The first-order chi connectivity index (χ1) is 13.1. The lowest BCUT2D eigenvalue weighted by Crippen LogP contribution is -2.30. The Labute approximate surface area is 162 Å². The number of ether oxygens (including phenoxy) is 1. The van der Waals surface area contributed by atoms with Crippen molar-refractivity contribution in [3.05, 3.63) is 71.5 Å². The van der Waals surface area contributed by atoms with Crippen LogP contribution < -0.4 is 15.0 Å². The highest BCUT2D eigenvalue weighted by atomic mass is 35.5. The van der Waals surface area contributed by atoms with Crippen molar-refractivity contribution >= 4 is 34.8 Å². The summed E-state index contributed by atoms with van der Waals surface area (Å²) in [4.78, 5) is 22.9. The van der Waals surface area contributed by atoms with E-state index in [1.165, 1.54) is 12.4 Å². The second-order valence-electron chi connectivity index (χ2n) is 5.65. The molecule has 138 valence electrons. The van der Waals surface area contributed by atoms with Crippen LogP contribution in [0.25, 0.3) is 0 Å². The molecule has 1 heterocycles. The maximum Gasteiger partial charge on any atom is 0.261 e. The number of benzene rings is 2. The number of nitrogens with one attached hydrogen (secondary N) is 1. The molecule has 0 bridgehead atoms. The van der Waals surface area contributed by atoms with Crippen molar-refractivity contribution in [2.75, 3.05) is 23.9 Å².